The Morgan fingerprint density at radius 3 is 2.39 bits per heavy atom. The Morgan fingerprint density at radius 2 is 1.81 bits per heavy atom. The third kappa shape index (κ3) is 4.46. The Morgan fingerprint density at radius 1 is 1.11 bits per heavy atom. The molecule has 10 nitrogen and oxygen atoms in total. The van der Waals surface area contributed by atoms with Crippen LogP contribution in [0.5, 0.6) is 5.75 Å². The monoisotopic (exact) mass is 501 g/mol. The van der Waals surface area contributed by atoms with E-state index in [1.165, 1.54) is 22.9 Å². The molecule has 1 aromatic carbocycles. The van der Waals surface area contributed by atoms with E-state index in [9.17, 15) is 22.8 Å². The number of nitrogens with zero attached hydrogens (tertiary/aromatic N) is 6. The number of anilines is 1. The van der Waals surface area contributed by atoms with Gasteiger partial charge >= 0.3 is 6.18 Å². The number of ether oxygens (including phenoxy) is 1. The van der Waals surface area contributed by atoms with E-state index in [-0.39, 0.29) is 28.3 Å². The molecule has 1 N–H and O–H groups in total. The zero-order chi connectivity index (χ0) is 26.2. The number of rotatable bonds is 6. The normalized spacial score (nSPS) is 11.5. The molecule has 188 valence electrons. The maximum atomic E-state index is 13.9. The van der Waals surface area contributed by atoms with Gasteiger partial charge in [0.1, 0.15) is 17.0 Å². The van der Waals surface area contributed by atoms with E-state index in [0.29, 0.717) is 22.4 Å². The van der Waals surface area contributed by atoms with E-state index in [4.69, 9.17) is 4.74 Å². The molecule has 13 heteroatoms. The molecule has 4 rings (SSSR count). The molecule has 2 amide bonds. The van der Waals surface area contributed by atoms with Crippen molar-refractivity contribution >= 4 is 23.1 Å². The fraction of sp³-hybridized carbons (Fsp3) is 0.261. The van der Waals surface area contributed by atoms with E-state index >= 15 is 0 Å². The van der Waals surface area contributed by atoms with Crippen LogP contribution in [0.25, 0.3) is 16.9 Å². The van der Waals surface area contributed by atoms with Crippen LogP contribution in [0.4, 0.5) is 18.9 Å². The second-order valence-electron chi connectivity index (χ2n) is 7.92. The van der Waals surface area contributed by atoms with Gasteiger partial charge in [-0.05, 0) is 37.3 Å². The first kappa shape index (κ1) is 24.7. The van der Waals surface area contributed by atoms with Crippen molar-refractivity contribution in [3.63, 3.8) is 0 Å². The third-order valence-electron chi connectivity index (χ3n) is 5.39. The van der Waals surface area contributed by atoms with Gasteiger partial charge in [0, 0.05) is 26.2 Å². The molecule has 0 saturated heterocycles. The molecule has 0 radical (unpaired) electrons. The summed E-state index contributed by atoms with van der Waals surface area (Å²) < 4.78 is 48.7. The van der Waals surface area contributed by atoms with Gasteiger partial charge < -0.3 is 15.0 Å². The lowest BCUT2D eigenvalue weighted by molar-refractivity contribution is -0.142. The molecule has 3 heterocycles. The Labute approximate surface area is 203 Å². The van der Waals surface area contributed by atoms with Crippen molar-refractivity contribution in [3.05, 3.63) is 59.7 Å². The van der Waals surface area contributed by atoms with Crippen molar-refractivity contribution in [1.29, 1.82) is 0 Å². The fourth-order valence-corrected chi connectivity index (χ4v) is 3.58. The zero-order valence-corrected chi connectivity index (χ0v) is 19.8. The van der Waals surface area contributed by atoms with Crippen molar-refractivity contribution in [2.75, 3.05) is 26.5 Å². The summed E-state index contributed by atoms with van der Waals surface area (Å²) in [5, 5.41) is 10.4. The Kier molecular flexibility index (Phi) is 6.39. The number of hydrogen-bond acceptors (Lipinski definition) is 6. The summed E-state index contributed by atoms with van der Waals surface area (Å²) in [6, 6.07) is 7.17. The van der Waals surface area contributed by atoms with E-state index in [1.54, 1.807) is 45.3 Å². The van der Waals surface area contributed by atoms with Crippen LogP contribution in [0, 0.1) is 0 Å². The Balaban J connectivity index is 1.81. The molecule has 0 aliphatic carbocycles. The van der Waals surface area contributed by atoms with Crippen LogP contribution in [0.15, 0.2) is 42.7 Å². The minimum atomic E-state index is -4.77. The molecule has 3 aromatic heterocycles. The lowest BCUT2D eigenvalue weighted by atomic mass is 10.1. The van der Waals surface area contributed by atoms with E-state index in [2.05, 4.69) is 20.5 Å². The fourth-order valence-electron chi connectivity index (χ4n) is 3.58. The summed E-state index contributed by atoms with van der Waals surface area (Å²) in [6.07, 6.45) is -2.46. The van der Waals surface area contributed by atoms with E-state index in [1.807, 2.05) is 0 Å². The third-order valence-corrected chi connectivity index (χ3v) is 5.39. The first-order valence-corrected chi connectivity index (χ1v) is 10.7. The molecule has 0 aliphatic rings. The van der Waals surface area contributed by atoms with Gasteiger partial charge in [0.15, 0.2) is 11.3 Å². The first-order valence-electron chi connectivity index (χ1n) is 10.7. The van der Waals surface area contributed by atoms with Crippen LogP contribution in [0.3, 0.4) is 0 Å². The minimum absolute atomic E-state index is 0.00527. The van der Waals surface area contributed by atoms with Gasteiger partial charge in [0.05, 0.1) is 30.9 Å². The highest BCUT2D eigenvalue weighted by atomic mass is 19.4. The maximum Gasteiger partial charge on any atom is 0.433 e. The van der Waals surface area contributed by atoms with Gasteiger partial charge in [-0.3, -0.25) is 14.3 Å². The smallest absolute Gasteiger partial charge is 0.433 e. The van der Waals surface area contributed by atoms with E-state index < -0.39 is 23.7 Å². The van der Waals surface area contributed by atoms with Crippen LogP contribution >= 0.6 is 0 Å². The molecular weight excluding hydrogens is 479 g/mol. The largest absolute Gasteiger partial charge is 0.497 e. The zero-order valence-electron chi connectivity index (χ0n) is 19.8. The van der Waals surface area contributed by atoms with Crippen molar-refractivity contribution < 1.29 is 27.5 Å². The van der Waals surface area contributed by atoms with Crippen LogP contribution < -0.4 is 10.1 Å². The number of aryl methyl sites for hydroxylation is 1. The van der Waals surface area contributed by atoms with Gasteiger partial charge in [0.25, 0.3) is 11.8 Å². The molecule has 0 unspecified atom stereocenters. The van der Waals surface area contributed by atoms with Crippen molar-refractivity contribution in [3.8, 4) is 17.0 Å². The van der Waals surface area contributed by atoms with Crippen molar-refractivity contribution in [2.24, 2.45) is 0 Å². The van der Waals surface area contributed by atoms with Crippen molar-refractivity contribution in [2.45, 2.75) is 19.6 Å². The first-order chi connectivity index (χ1) is 17.0. The number of halogens is 3. The Bertz CT molecular complexity index is 1440. The highest BCUT2D eigenvalue weighted by Gasteiger charge is 2.36. The molecule has 0 fully saturated rings. The second kappa shape index (κ2) is 9.32. The van der Waals surface area contributed by atoms with Gasteiger partial charge in [-0.25, -0.2) is 9.50 Å². The van der Waals surface area contributed by atoms with Crippen LogP contribution in [0.2, 0.25) is 0 Å². The second-order valence-corrected chi connectivity index (χ2v) is 7.92. The quantitative estimate of drug-likeness (QED) is 0.433. The predicted molar refractivity (Wildman–Crippen MR) is 124 cm³/mol. The van der Waals surface area contributed by atoms with Crippen molar-refractivity contribution in [1.82, 2.24) is 29.3 Å². The average molecular weight is 501 g/mol. The number of benzene rings is 1. The number of carbonyl (C=O) groups is 2. The summed E-state index contributed by atoms with van der Waals surface area (Å²) in [6.45, 7) is 2.14. The highest BCUT2D eigenvalue weighted by Crippen LogP contribution is 2.33. The standard InChI is InChI=1S/C23H22F3N7O3/c1-5-32-19(22(35)31(2)3)17(12-27-32)30-21(34)15-11-28-33-18(23(24,25)26)10-16(29-20(15)33)13-6-8-14(36-4)9-7-13/h6-12H,5H2,1-4H3,(H,30,34). The number of aromatic nitrogens is 5. The maximum absolute atomic E-state index is 13.9. The SMILES string of the molecule is CCn1ncc(NC(=O)c2cnn3c(C(F)(F)F)cc(-c4ccc(OC)cc4)nc23)c1C(=O)N(C)C. The number of nitrogens with one attached hydrogen (secondary N) is 1. The summed E-state index contributed by atoms with van der Waals surface area (Å²) in [5.41, 5.74) is -0.967. The number of fused-ring (bicyclic) bond motifs is 1. The van der Waals surface area contributed by atoms with Crippen LogP contribution in [-0.4, -0.2) is 62.3 Å². The lowest BCUT2D eigenvalue weighted by Crippen LogP contribution is -2.26. The number of methoxy groups -OCH3 is 1. The molecule has 0 saturated carbocycles. The summed E-state index contributed by atoms with van der Waals surface area (Å²) >= 11 is 0. The Hall–Kier alpha value is -4.42. The summed E-state index contributed by atoms with van der Waals surface area (Å²) in [4.78, 5) is 31.4. The predicted octanol–water partition coefficient (Wildman–Crippen LogP) is 3.59. The number of hydrogen-bond donors (Lipinski definition) is 1. The molecule has 0 atom stereocenters. The topological polar surface area (TPSA) is 107 Å². The van der Waals surface area contributed by atoms with Crippen LogP contribution in [-0.2, 0) is 12.7 Å². The number of amides is 2. The highest BCUT2D eigenvalue weighted by molar-refractivity contribution is 6.11. The average Bonchev–Trinajstić information content (AvgIpc) is 3.46. The number of alkyl halides is 3. The summed E-state index contributed by atoms with van der Waals surface area (Å²) in [7, 11) is 4.57. The molecular formula is C23H22F3N7O3. The summed E-state index contributed by atoms with van der Waals surface area (Å²) in [5.74, 6) is -0.666. The van der Waals surface area contributed by atoms with Gasteiger partial charge in [-0.1, -0.05) is 0 Å². The van der Waals surface area contributed by atoms with Gasteiger partial charge in [0.2, 0.25) is 0 Å². The molecule has 36 heavy (non-hydrogen) atoms. The van der Waals surface area contributed by atoms with E-state index in [0.717, 1.165) is 12.3 Å². The van der Waals surface area contributed by atoms with Gasteiger partial charge in [-0.15, -0.1) is 0 Å². The molecule has 4 aromatic rings. The number of carbonyl (C=O) groups excluding carboxylic acids is 2. The van der Waals surface area contributed by atoms with Crippen LogP contribution in [0.1, 0.15) is 33.5 Å². The molecule has 0 aliphatic heterocycles. The molecule has 0 spiro atoms. The molecule has 0 bridgehead atoms. The van der Waals surface area contributed by atoms with Gasteiger partial charge in [-0.2, -0.15) is 23.4 Å². The lowest BCUT2D eigenvalue weighted by Gasteiger charge is -2.14. The minimum Gasteiger partial charge on any atom is -0.497 e.